The highest BCUT2D eigenvalue weighted by molar-refractivity contribution is 5.74. The smallest absolute Gasteiger partial charge is 0.121 e. The van der Waals surface area contributed by atoms with Gasteiger partial charge < -0.3 is 21.4 Å². The second-order valence-corrected chi connectivity index (χ2v) is 7.27. The summed E-state index contributed by atoms with van der Waals surface area (Å²) in [6.07, 6.45) is 7.54. The third kappa shape index (κ3) is 4.47. The van der Waals surface area contributed by atoms with E-state index in [2.05, 4.69) is 37.7 Å². The normalized spacial score (nSPS) is 17.0. The van der Waals surface area contributed by atoms with E-state index in [-0.39, 0.29) is 0 Å². The van der Waals surface area contributed by atoms with Gasteiger partial charge in [-0.25, -0.2) is 4.98 Å². The van der Waals surface area contributed by atoms with Gasteiger partial charge in [0.2, 0.25) is 0 Å². The topological polar surface area (TPSA) is 91.6 Å². The molecule has 0 spiro atoms. The fraction of sp³-hybridized carbons (Fsp3) is 0.364. The first-order chi connectivity index (χ1) is 13.8. The second kappa shape index (κ2) is 9.10. The van der Waals surface area contributed by atoms with Crippen LogP contribution in [-0.2, 0) is 13.0 Å². The van der Waals surface area contributed by atoms with Crippen LogP contribution in [0, 0.1) is 0 Å². The van der Waals surface area contributed by atoms with Crippen molar-refractivity contribution in [1.82, 2.24) is 25.6 Å². The molecule has 0 amide bonds. The molecule has 0 radical (unpaired) electrons. The number of hydrogen-bond donors (Lipinski definition) is 4. The van der Waals surface area contributed by atoms with E-state index >= 15 is 0 Å². The van der Waals surface area contributed by atoms with Crippen LogP contribution in [0.15, 0.2) is 54.2 Å². The van der Waals surface area contributed by atoms with E-state index in [0.717, 1.165) is 42.8 Å². The van der Waals surface area contributed by atoms with Crippen LogP contribution in [0.25, 0.3) is 11.0 Å². The second-order valence-electron chi connectivity index (χ2n) is 7.27. The lowest BCUT2D eigenvalue weighted by Crippen LogP contribution is -2.29. The number of aryl methyl sites for hydroxylation is 1. The molecule has 0 saturated carbocycles. The van der Waals surface area contributed by atoms with Gasteiger partial charge in [0.1, 0.15) is 5.82 Å². The predicted octanol–water partition coefficient (Wildman–Crippen LogP) is 2.60. The van der Waals surface area contributed by atoms with E-state index in [1.54, 1.807) is 0 Å². The van der Waals surface area contributed by atoms with Gasteiger partial charge in [-0.15, -0.1) is 0 Å². The Balaban J connectivity index is 1.27. The summed E-state index contributed by atoms with van der Waals surface area (Å²) in [5.41, 5.74) is 11.8. The molecule has 4 rings (SSSR count). The maximum Gasteiger partial charge on any atom is 0.121 e. The molecule has 28 heavy (non-hydrogen) atoms. The van der Waals surface area contributed by atoms with Crippen molar-refractivity contribution in [2.45, 2.75) is 31.8 Å². The number of benzene rings is 1. The van der Waals surface area contributed by atoms with Gasteiger partial charge in [0, 0.05) is 25.8 Å². The van der Waals surface area contributed by atoms with Crippen LogP contribution in [0.2, 0.25) is 0 Å². The lowest BCUT2D eigenvalue weighted by Gasteiger charge is -2.25. The van der Waals surface area contributed by atoms with Crippen molar-refractivity contribution in [1.29, 1.82) is 0 Å². The van der Waals surface area contributed by atoms with Crippen LogP contribution in [-0.4, -0.2) is 34.6 Å². The Hall–Kier alpha value is -2.54. The largest absolute Gasteiger partial charge is 0.341 e. The number of para-hydroxylation sites is 2. The zero-order chi connectivity index (χ0) is 19.2. The van der Waals surface area contributed by atoms with Crippen LogP contribution in [0.4, 0.5) is 0 Å². The van der Waals surface area contributed by atoms with E-state index in [0.29, 0.717) is 19.1 Å². The van der Waals surface area contributed by atoms with Gasteiger partial charge >= 0.3 is 0 Å². The van der Waals surface area contributed by atoms with Gasteiger partial charge in [0.15, 0.2) is 0 Å². The minimum Gasteiger partial charge on any atom is -0.341 e. The number of nitrogens with one attached hydrogen (secondary N) is 3. The molecule has 1 unspecified atom stereocenters. The fourth-order valence-corrected chi connectivity index (χ4v) is 3.79. The highest BCUT2D eigenvalue weighted by atomic mass is 15.0. The van der Waals surface area contributed by atoms with Crippen LogP contribution in [0.3, 0.4) is 0 Å². The Morgan fingerprint density at radius 2 is 2.18 bits per heavy atom. The molecule has 0 fully saturated rings. The first-order valence-electron chi connectivity index (χ1n) is 10.0. The number of fused-ring (bicyclic) bond motifs is 2. The molecule has 1 aliphatic carbocycles. The summed E-state index contributed by atoms with van der Waals surface area (Å²) >= 11 is 0. The molecule has 1 aliphatic rings. The molecule has 1 atom stereocenters. The molecule has 2 aromatic heterocycles. The Bertz CT molecular complexity index is 912. The lowest BCUT2D eigenvalue weighted by atomic mass is 9.92. The molecule has 0 aliphatic heterocycles. The number of pyridine rings is 1. The molecule has 146 valence electrons. The highest BCUT2D eigenvalue weighted by Crippen LogP contribution is 2.27. The summed E-state index contributed by atoms with van der Waals surface area (Å²) in [5, 5.41) is 7.06. The van der Waals surface area contributed by atoms with Crippen molar-refractivity contribution >= 4 is 11.0 Å². The number of imidazole rings is 1. The monoisotopic (exact) mass is 376 g/mol. The number of H-pyrrole nitrogens is 1. The molecular weight excluding hydrogens is 348 g/mol. The van der Waals surface area contributed by atoms with Gasteiger partial charge in [-0.05, 0) is 48.6 Å². The van der Waals surface area contributed by atoms with Crippen molar-refractivity contribution < 1.29 is 0 Å². The fourth-order valence-electron chi connectivity index (χ4n) is 3.79. The molecule has 2 heterocycles. The SMILES string of the molecule is NC/C(=C\CNCc1nc2ccccc2[nH]1)CNC1CCCc2cccnc21. The van der Waals surface area contributed by atoms with Gasteiger partial charge in [-0.3, -0.25) is 4.98 Å². The molecule has 1 aromatic carbocycles. The zero-order valence-corrected chi connectivity index (χ0v) is 16.1. The predicted molar refractivity (Wildman–Crippen MR) is 113 cm³/mol. The van der Waals surface area contributed by atoms with E-state index in [4.69, 9.17) is 5.73 Å². The van der Waals surface area contributed by atoms with Crippen molar-refractivity contribution in [3.63, 3.8) is 0 Å². The molecule has 0 saturated heterocycles. The van der Waals surface area contributed by atoms with E-state index in [1.165, 1.54) is 23.3 Å². The average Bonchev–Trinajstić information content (AvgIpc) is 3.16. The minimum absolute atomic E-state index is 0.323. The Kier molecular flexibility index (Phi) is 6.11. The molecule has 6 heteroatoms. The first kappa shape index (κ1) is 18.8. The van der Waals surface area contributed by atoms with Crippen LogP contribution >= 0.6 is 0 Å². The van der Waals surface area contributed by atoms with Gasteiger partial charge in [-0.2, -0.15) is 0 Å². The maximum atomic E-state index is 5.96. The number of rotatable bonds is 8. The molecule has 0 bridgehead atoms. The number of hydrogen-bond acceptors (Lipinski definition) is 5. The summed E-state index contributed by atoms with van der Waals surface area (Å²) in [4.78, 5) is 12.5. The van der Waals surface area contributed by atoms with Gasteiger partial charge in [0.25, 0.3) is 0 Å². The number of nitrogens with two attached hydrogens (primary N) is 1. The number of aromatic amines is 1. The molecule has 5 N–H and O–H groups in total. The van der Waals surface area contributed by atoms with Crippen molar-refractivity contribution in [3.05, 3.63) is 71.3 Å². The summed E-state index contributed by atoms with van der Waals surface area (Å²) in [7, 11) is 0. The third-order valence-electron chi connectivity index (χ3n) is 5.30. The Labute approximate surface area is 165 Å². The quantitative estimate of drug-likeness (QED) is 0.358. The van der Waals surface area contributed by atoms with Crippen molar-refractivity contribution in [2.24, 2.45) is 5.73 Å². The number of aromatic nitrogens is 3. The van der Waals surface area contributed by atoms with E-state index < -0.39 is 0 Å². The van der Waals surface area contributed by atoms with Crippen molar-refractivity contribution in [3.8, 4) is 0 Å². The van der Waals surface area contributed by atoms with Crippen molar-refractivity contribution in [2.75, 3.05) is 19.6 Å². The molecular formula is C22H28N6. The highest BCUT2D eigenvalue weighted by Gasteiger charge is 2.20. The summed E-state index contributed by atoms with van der Waals surface area (Å²) in [6, 6.07) is 12.6. The lowest BCUT2D eigenvalue weighted by molar-refractivity contribution is 0.462. The summed E-state index contributed by atoms with van der Waals surface area (Å²) in [5.74, 6) is 0.951. The number of nitrogens with zero attached hydrogens (tertiary/aromatic N) is 2. The molecule has 6 nitrogen and oxygen atoms in total. The summed E-state index contributed by atoms with van der Waals surface area (Å²) < 4.78 is 0. The maximum absolute atomic E-state index is 5.96. The van der Waals surface area contributed by atoms with Gasteiger partial charge in [0.05, 0.1) is 29.3 Å². The van der Waals surface area contributed by atoms with Crippen LogP contribution in [0.1, 0.15) is 36.0 Å². The van der Waals surface area contributed by atoms with E-state index in [1.807, 2.05) is 36.5 Å². The third-order valence-corrected chi connectivity index (χ3v) is 5.30. The Morgan fingerprint density at radius 1 is 1.25 bits per heavy atom. The molecule has 3 aromatic rings. The zero-order valence-electron chi connectivity index (χ0n) is 16.1. The summed E-state index contributed by atoms with van der Waals surface area (Å²) in [6.45, 7) is 2.83. The average molecular weight is 377 g/mol. The standard InChI is InChI=1S/C22H28N6/c23-13-16(14-26-20-9-3-5-17-6-4-11-25-22(17)20)10-12-24-15-21-27-18-7-1-2-8-19(18)28-21/h1-2,4,6-8,10-11,20,24,26H,3,5,9,12-15,23H2,(H,27,28)/b16-10+. The minimum atomic E-state index is 0.323. The van der Waals surface area contributed by atoms with Crippen LogP contribution < -0.4 is 16.4 Å². The van der Waals surface area contributed by atoms with E-state index in [9.17, 15) is 0 Å². The van der Waals surface area contributed by atoms with Crippen LogP contribution in [0.5, 0.6) is 0 Å². The Morgan fingerprint density at radius 3 is 3.07 bits per heavy atom. The van der Waals surface area contributed by atoms with Gasteiger partial charge in [-0.1, -0.05) is 24.3 Å². The first-order valence-corrected chi connectivity index (χ1v) is 10.0.